The number of hydrogen-bond donors (Lipinski definition) is 2. The summed E-state index contributed by atoms with van der Waals surface area (Å²) in [7, 11) is 0. The van der Waals surface area contributed by atoms with E-state index < -0.39 is 0 Å². The van der Waals surface area contributed by atoms with Gasteiger partial charge in [-0.1, -0.05) is 12.1 Å². The molecule has 98 valence electrons. The van der Waals surface area contributed by atoms with Gasteiger partial charge >= 0.3 is 0 Å². The highest BCUT2D eigenvalue weighted by molar-refractivity contribution is 5.55. The highest BCUT2D eigenvalue weighted by Crippen LogP contribution is 2.26. The van der Waals surface area contributed by atoms with Gasteiger partial charge in [0.2, 0.25) is 0 Å². The minimum Gasteiger partial charge on any atom is -0.391 e. The van der Waals surface area contributed by atoms with Gasteiger partial charge in [0.1, 0.15) is 0 Å². The average molecular weight is 246 g/mol. The van der Waals surface area contributed by atoms with Crippen molar-refractivity contribution in [1.29, 1.82) is 0 Å². The van der Waals surface area contributed by atoms with E-state index in [1.165, 1.54) is 29.7 Å². The molecule has 0 amide bonds. The molecule has 1 saturated carbocycles. The first kappa shape index (κ1) is 12.0. The summed E-state index contributed by atoms with van der Waals surface area (Å²) in [6.45, 7) is 4.90. The van der Waals surface area contributed by atoms with Gasteiger partial charge in [0.25, 0.3) is 0 Å². The Hall–Kier alpha value is -1.06. The van der Waals surface area contributed by atoms with Crippen LogP contribution in [0, 0.1) is 6.92 Å². The standard InChI is InChI=1S/C15H22N2O/c1-11-8-12(9-16-13-3-4-13)2-5-15(11)17-7-6-14(18)10-17/h2,5,8,13-14,16,18H,3-4,6-7,9-10H2,1H3. The molecule has 1 heterocycles. The first-order chi connectivity index (χ1) is 8.72. The quantitative estimate of drug-likeness (QED) is 0.850. The molecule has 1 atom stereocenters. The van der Waals surface area contributed by atoms with E-state index in [1.54, 1.807) is 0 Å². The number of benzene rings is 1. The van der Waals surface area contributed by atoms with Crippen LogP contribution in [-0.4, -0.2) is 30.3 Å². The van der Waals surface area contributed by atoms with E-state index in [4.69, 9.17) is 0 Å². The van der Waals surface area contributed by atoms with E-state index in [9.17, 15) is 5.11 Å². The van der Waals surface area contributed by atoms with Crippen molar-refractivity contribution in [3.63, 3.8) is 0 Å². The fourth-order valence-electron chi connectivity index (χ4n) is 2.69. The Morgan fingerprint density at radius 3 is 2.78 bits per heavy atom. The highest BCUT2D eigenvalue weighted by atomic mass is 16.3. The fourth-order valence-corrected chi connectivity index (χ4v) is 2.69. The second kappa shape index (κ2) is 4.90. The summed E-state index contributed by atoms with van der Waals surface area (Å²) < 4.78 is 0. The van der Waals surface area contributed by atoms with Crippen LogP contribution in [0.5, 0.6) is 0 Å². The Morgan fingerprint density at radius 1 is 1.33 bits per heavy atom. The molecule has 1 aliphatic heterocycles. The number of aliphatic hydroxyl groups is 1. The zero-order valence-corrected chi connectivity index (χ0v) is 11.0. The molecule has 0 bridgehead atoms. The molecule has 0 radical (unpaired) electrons. The van der Waals surface area contributed by atoms with Crippen molar-refractivity contribution in [3.05, 3.63) is 29.3 Å². The minimum atomic E-state index is -0.152. The van der Waals surface area contributed by atoms with Crippen molar-refractivity contribution in [2.45, 2.75) is 44.9 Å². The van der Waals surface area contributed by atoms with Gasteiger partial charge in [-0.2, -0.15) is 0 Å². The van der Waals surface area contributed by atoms with Gasteiger partial charge in [-0.3, -0.25) is 0 Å². The van der Waals surface area contributed by atoms with Crippen molar-refractivity contribution < 1.29 is 5.11 Å². The zero-order chi connectivity index (χ0) is 12.5. The van der Waals surface area contributed by atoms with Crippen molar-refractivity contribution in [2.75, 3.05) is 18.0 Å². The van der Waals surface area contributed by atoms with Gasteiger partial charge in [-0.25, -0.2) is 0 Å². The zero-order valence-electron chi connectivity index (χ0n) is 11.0. The van der Waals surface area contributed by atoms with Gasteiger partial charge < -0.3 is 15.3 Å². The lowest BCUT2D eigenvalue weighted by Crippen LogP contribution is -2.22. The Kier molecular flexibility index (Phi) is 3.27. The van der Waals surface area contributed by atoms with E-state index >= 15 is 0 Å². The maximum atomic E-state index is 9.61. The number of nitrogens with one attached hydrogen (secondary N) is 1. The van der Waals surface area contributed by atoms with Gasteiger partial charge in [-0.15, -0.1) is 0 Å². The lowest BCUT2D eigenvalue weighted by atomic mass is 10.1. The van der Waals surface area contributed by atoms with Crippen LogP contribution in [0.1, 0.15) is 30.4 Å². The summed E-state index contributed by atoms with van der Waals surface area (Å²) in [5, 5.41) is 13.1. The number of nitrogens with zero attached hydrogens (tertiary/aromatic N) is 1. The van der Waals surface area contributed by atoms with Crippen LogP contribution >= 0.6 is 0 Å². The Balaban J connectivity index is 1.67. The number of aryl methyl sites for hydroxylation is 1. The normalized spacial score (nSPS) is 23.7. The Morgan fingerprint density at radius 2 is 2.17 bits per heavy atom. The summed E-state index contributed by atoms with van der Waals surface area (Å²) in [5.41, 5.74) is 3.96. The first-order valence-electron chi connectivity index (χ1n) is 6.98. The first-order valence-corrected chi connectivity index (χ1v) is 6.98. The Bertz CT molecular complexity index is 429. The van der Waals surface area contributed by atoms with Crippen molar-refractivity contribution >= 4 is 5.69 Å². The third-order valence-corrected chi connectivity index (χ3v) is 3.94. The second-order valence-electron chi connectivity index (χ2n) is 5.66. The average Bonchev–Trinajstić information content (AvgIpc) is 3.09. The molecule has 1 saturated heterocycles. The van der Waals surface area contributed by atoms with Gasteiger partial charge in [0.15, 0.2) is 0 Å². The van der Waals surface area contributed by atoms with Crippen LogP contribution in [0.2, 0.25) is 0 Å². The number of β-amino-alcohol motifs (C(OH)–C–C–N with tert-alkyl or cyclic N) is 1. The van der Waals surface area contributed by atoms with Crippen LogP contribution < -0.4 is 10.2 Å². The molecular weight excluding hydrogens is 224 g/mol. The van der Waals surface area contributed by atoms with E-state index in [2.05, 4.69) is 35.3 Å². The maximum absolute atomic E-state index is 9.61. The largest absolute Gasteiger partial charge is 0.391 e. The molecule has 1 aromatic rings. The fraction of sp³-hybridized carbons (Fsp3) is 0.600. The highest BCUT2D eigenvalue weighted by Gasteiger charge is 2.22. The van der Waals surface area contributed by atoms with Crippen LogP contribution in [-0.2, 0) is 6.54 Å². The van der Waals surface area contributed by atoms with E-state index in [0.717, 1.165) is 32.1 Å². The van der Waals surface area contributed by atoms with Crippen LogP contribution in [0.15, 0.2) is 18.2 Å². The summed E-state index contributed by atoms with van der Waals surface area (Å²) in [6.07, 6.45) is 3.41. The molecule has 1 unspecified atom stereocenters. The molecule has 2 aliphatic rings. The molecule has 1 aliphatic carbocycles. The second-order valence-corrected chi connectivity index (χ2v) is 5.66. The van der Waals surface area contributed by atoms with Crippen molar-refractivity contribution in [1.82, 2.24) is 5.32 Å². The smallest absolute Gasteiger partial charge is 0.0731 e. The van der Waals surface area contributed by atoms with Crippen molar-refractivity contribution in [2.24, 2.45) is 0 Å². The van der Waals surface area contributed by atoms with E-state index in [1.807, 2.05) is 0 Å². The summed E-state index contributed by atoms with van der Waals surface area (Å²) in [5.74, 6) is 0. The molecule has 3 rings (SSSR count). The summed E-state index contributed by atoms with van der Waals surface area (Å²) in [6, 6.07) is 7.45. The predicted octanol–water partition coefficient (Wildman–Crippen LogP) is 1.82. The van der Waals surface area contributed by atoms with Gasteiger partial charge in [0.05, 0.1) is 6.10 Å². The van der Waals surface area contributed by atoms with Crippen molar-refractivity contribution in [3.8, 4) is 0 Å². The molecular formula is C15H22N2O. The monoisotopic (exact) mass is 246 g/mol. The molecule has 3 heteroatoms. The summed E-state index contributed by atoms with van der Waals surface area (Å²) >= 11 is 0. The topological polar surface area (TPSA) is 35.5 Å². The lowest BCUT2D eigenvalue weighted by Gasteiger charge is -2.21. The molecule has 1 aromatic carbocycles. The Labute approximate surface area is 109 Å². The number of rotatable bonds is 4. The van der Waals surface area contributed by atoms with Crippen LogP contribution in [0.25, 0.3) is 0 Å². The molecule has 3 nitrogen and oxygen atoms in total. The third kappa shape index (κ3) is 2.68. The SMILES string of the molecule is Cc1cc(CNC2CC2)ccc1N1CCC(O)C1. The molecule has 2 N–H and O–H groups in total. The number of anilines is 1. The molecule has 2 fully saturated rings. The van der Waals surface area contributed by atoms with E-state index in [-0.39, 0.29) is 6.10 Å². The molecule has 0 spiro atoms. The number of hydrogen-bond acceptors (Lipinski definition) is 3. The maximum Gasteiger partial charge on any atom is 0.0731 e. The van der Waals surface area contributed by atoms with E-state index in [0.29, 0.717) is 0 Å². The molecule has 0 aromatic heterocycles. The van der Waals surface area contributed by atoms with Crippen LogP contribution in [0.4, 0.5) is 5.69 Å². The summed E-state index contributed by atoms with van der Waals surface area (Å²) in [4.78, 5) is 2.29. The number of aliphatic hydroxyl groups excluding tert-OH is 1. The minimum absolute atomic E-state index is 0.152. The van der Waals surface area contributed by atoms with Crippen LogP contribution in [0.3, 0.4) is 0 Å². The van der Waals surface area contributed by atoms with Gasteiger partial charge in [0, 0.05) is 31.4 Å². The lowest BCUT2D eigenvalue weighted by molar-refractivity contribution is 0.198. The molecule has 18 heavy (non-hydrogen) atoms. The predicted molar refractivity (Wildman–Crippen MR) is 73.9 cm³/mol. The third-order valence-electron chi connectivity index (χ3n) is 3.94. The van der Waals surface area contributed by atoms with Gasteiger partial charge in [-0.05, 0) is 43.4 Å².